The second-order valence-electron chi connectivity index (χ2n) is 11.2. The van der Waals surface area contributed by atoms with Crippen LogP contribution in [0, 0.1) is 11.3 Å². The Balaban J connectivity index is 1.34. The summed E-state index contributed by atoms with van der Waals surface area (Å²) >= 11 is 6.58. The first kappa shape index (κ1) is 34.6. The second-order valence-corrected chi connectivity index (χ2v) is 11.6. The quantitative estimate of drug-likeness (QED) is 0.0746. The minimum Gasteiger partial charge on any atom is -0.486 e. The molecule has 3 heterocycles. The standard InChI is InChI=1S/C36H39ClN6O5/c37-30-18-26(10-11-33(30)47-23-27-8-3-5-15-40-27)42-36-25(21-38)22-41-31-20-34(48-28-12-17-46-24-28)32(19-29(31)36)43-35(45)9-7-14-39-13-4-1-2-6-16-44/h3,5,7-11,15,18-20,22,28,39,44H,1-2,4,6,12-14,16-17,23-24H2,(H,41,42)(H,43,45). The smallest absolute Gasteiger partial charge is 0.248 e. The highest BCUT2D eigenvalue weighted by atomic mass is 35.5. The van der Waals surface area contributed by atoms with E-state index in [2.05, 4.69) is 32.0 Å². The topological polar surface area (TPSA) is 151 Å². The Morgan fingerprint density at radius 2 is 2.02 bits per heavy atom. The van der Waals surface area contributed by atoms with Gasteiger partial charge in [0.25, 0.3) is 0 Å². The molecule has 1 aliphatic heterocycles. The van der Waals surface area contributed by atoms with Crippen LogP contribution >= 0.6 is 11.6 Å². The molecule has 2 aromatic carbocycles. The van der Waals surface area contributed by atoms with Gasteiger partial charge in [0.05, 0.1) is 46.4 Å². The van der Waals surface area contributed by atoms with E-state index in [1.807, 2.05) is 18.2 Å². The van der Waals surface area contributed by atoms with Gasteiger partial charge >= 0.3 is 0 Å². The third-order valence-corrected chi connectivity index (χ3v) is 7.92. The summed E-state index contributed by atoms with van der Waals surface area (Å²) in [4.78, 5) is 21.8. The zero-order valence-corrected chi connectivity index (χ0v) is 27.3. The zero-order chi connectivity index (χ0) is 33.6. The number of aliphatic hydroxyl groups is 1. The highest BCUT2D eigenvalue weighted by Crippen LogP contribution is 2.38. The predicted molar refractivity (Wildman–Crippen MR) is 186 cm³/mol. The summed E-state index contributed by atoms with van der Waals surface area (Å²) in [5.74, 6) is 0.636. The van der Waals surface area contributed by atoms with Crippen LogP contribution in [0.3, 0.4) is 0 Å². The molecule has 2 aromatic heterocycles. The molecule has 11 nitrogen and oxygen atoms in total. The number of carbonyl (C=O) groups excluding carboxylic acids is 1. The van der Waals surface area contributed by atoms with E-state index in [-0.39, 0.29) is 25.2 Å². The number of hydrogen-bond acceptors (Lipinski definition) is 10. The van der Waals surface area contributed by atoms with E-state index in [1.165, 1.54) is 12.3 Å². The number of aliphatic hydroxyl groups excluding tert-OH is 1. The first-order chi connectivity index (χ1) is 23.5. The Kier molecular flexibility index (Phi) is 13.0. The van der Waals surface area contributed by atoms with E-state index in [0.717, 1.165) is 44.3 Å². The Hall–Kier alpha value is -4.73. The predicted octanol–water partition coefficient (Wildman–Crippen LogP) is 6.28. The maximum Gasteiger partial charge on any atom is 0.248 e. The van der Waals surface area contributed by atoms with Gasteiger partial charge in [-0.25, -0.2) is 0 Å². The van der Waals surface area contributed by atoms with Crippen molar-refractivity contribution in [3.63, 3.8) is 0 Å². The van der Waals surface area contributed by atoms with Gasteiger partial charge in [-0.2, -0.15) is 5.26 Å². The lowest BCUT2D eigenvalue weighted by Gasteiger charge is -2.18. The van der Waals surface area contributed by atoms with E-state index in [1.54, 1.807) is 42.6 Å². The molecule has 12 heteroatoms. The van der Waals surface area contributed by atoms with Crippen LogP contribution in [0.4, 0.5) is 17.1 Å². The fourth-order valence-electron chi connectivity index (χ4n) is 5.14. The van der Waals surface area contributed by atoms with Crippen LogP contribution in [0.25, 0.3) is 10.9 Å². The Morgan fingerprint density at radius 3 is 2.79 bits per heavy atom. The Bertz CT molecular complexity index is 1740. The number of ether oxygens (including phenoxy) is 3. The van der Waals surface area contributed by atoms with Crippen LogP contribution in [-0.2, 0) is 16.1 Å². The van der Waals surface area contributed by atoms with Gasteiger partial charge in [0.15, 0.2) is 0 Å². The first-order valence-electron chi connectivity index (χ1n) is 16.0. The summed E-state index contributed by atoms with van der Waals surface area (Å²) in [6, 6.07) is 16.6. The fourth-order valence-corrected chi connectivity index (χ4v) is 5.37. The van der Waals surface area contributed by atoms with Crippen LogP contribution in [0.2, 0.25) is 5.02 Å². The number of anilines is 3. The number of nitrogens with one attached hydrogen (secondary N) is 3. The van der Waals surface area contributed by atoms with Gasteiger partial charge in [-0.3, -0.25) is 14.8 Å². The molecule has 0 bridgehead atoms. The lowest BCUT2D eigenvalue weighted by atomic mass is 10.1. The minimum absolute atomic E-state index is 0.160. The van der Waals surface area contributed by atoms with E-state index in [9.17, 15) is 10.1 Å². The Labute approximate surface area is 284 Å². The molecule has 4 aromatic rings. The van der Waals surface area contributed by atoms with Crippen molar-refractivity contribution in [1.82, 2.24) is 15.3 Å². The number of carbonyl (C=O) groups is 1. The van der Waals surface area contributed by atoms with Crippen LogP contribution in [-0.4, -0.2) is 60.0 Å². The number of hydrogen-bond donors (Lipinski definition) is 4. The van der Waals surface area contributed by atoms with E-state index >= 15 is 0 Å². The third-order valence-electron chi connectivity index (χ3n) is 7.63. The highest BCUT2D eigenvalue weighted by molar-refractivity contribution is 6.32. The summed E-state index contributed by atoms with van der Waals surface area (Å²) < 4.78 is 17.6. The molecule has 0 radical (unpaired) electrons. The first-order valence-corrected chi connectivity index (χ1v) is 16.4. The number of fused-ring (bicyclic) bond motifs is 1. The summed E-state index contributed by atoms with van der Waals surface area (Å²) in [6.07, 6.45) is 10.9. The SMILES string of the molecule is N#Cc1cnc2cc(OC3CCOC3)c(NC(=O)C=CCNCCCCCCO)cc2c1Nc1ccc(OCc2ccccn2)c(Cl)c1. The van der Waals surface area contributed by atoms with Crippen molar-refractivity contribution < 1.29 is 24.1 Å². The fraction of sp³-hybridized carbons (Fsp3) is 0.333. The summed E-state index contributed by atoms with van der Waals surface area (Å²) in [5, 5.41) is 29.4. The molecule has 250 valence electrons. The molecule has 4 N–H and O–H groups in total. The summed E-state index contributed by atoms with van der Waals surface area (Å²) in [5.41, 5.74) is 3.24. The van der Waals surface area contributed by atoms with Gasteiger partial charge in [-0.15, -0.1) is 0 Å². The van der Waals surface area contributed by atoms with E-state index in [4.69, 9.17) is 30.9 Å². The number of pyridine rings is 2. The molecular formula is C36H39ClN6O5. The normalized spacial score (nSPS) is 14.2. The second kappa shape index (κ2) is 18.0. The molecular weight excluding hydrogens is 632 g/mol. The minimum atomic E-state index is -0.321. The molecule has 0 saturated carbocycles. The molecule has 48 heavy (non-hydrogen) atoms. The van der Waals surface area contributed by atoms with Crippen molar-refractivity contribution in [3.8, 4) is 17.6 Å². The molecule has 0 aliphatic carbocycles. The van der Waals surface area contributed by atoms with Crippen molar-refractivity contribution in [2.75, 3.05) is 43.5 Å². The van der Waals surface area contributed by atoms with Crippen molar-refractivity contribution in [3.05, 3.63) is 89.4 Å². The molecule has 1 atom stereocenters. The molecule has 1 amide bonds. The van der Waals surface area contributed by atoms with Gasteiger partial charge in [0.1, 0.15) is 30.3 Å². The summed E-state index contributed by atoms with van der Waals surface area (Å²) in [7, 11) is 0. The molecule has 1 aliphatic rings. The molecule has 1 saturated heterocycles. The number of benzene rings is 2. The monoisotopic (exact) mass is 670 g/mol. The average Bonchev–Trinajstić information content (AvgIpc) is 3.61. The van der Waals surface area contributed by atoms with Crippen molar-refractivity contribution in [2.45, 2.75) is 44.8 Å². The van der Waals surface area contributed by atoms with E-state index < -0.39 is 0 Å². The number of unbranched alkanes of at least 4 members (excludes halogenated alkanes) is 3. The van der Waals surface area contributed by atoms with Crippen LogP contribution in [0.5, 0.6) is 11.5 Å². The largest absolute Gasteiger partial charge is 0.486 e. The third kappa shape index (κ3) is 9.89. The molecule has 1 fully saturated rings. The molecule has 0 spiro atoms. The van der Waals surface area contributed by atoms with Gasteiger partial charge in [0.2, 0.25) is 5.91 Å². The summed E-state index contributed by atoms with van der Waals surface area (Å²) in [6.45, 7) is 2.93. The van der Waals surface area contributed by atoms with Crippen LogP contribution < -0.4 is 25.4 Å². The molecule has 1 unspecified atom stereocenters. The number of aromatic nitrogens is 2. The lowest BCUT2D eigenvalue weighted by molar-refractivity contribution is -0.111. The van der Waals surface area contributed by atoms with Crippen molar-refractivity contribution >= 4 is 45.5 Å². The van der Waals surface area contributed by atoms with Crippen molar-refractivity contribution in [1.29, 1.82) is 5.26 Å². The maximum atomic E-state index is 13.0. The zero-order valence-electron chi connectivity index (χ0n) is 26.6. The number of nitriles is 1. The van der Waals surface area contributed by atoms with Crippen LogP contribution in [0.1, 0.15) is 43.4 Å². The number of halogens is 1. The maximum absolute atomic E-state index is 13.0. The highest BCUT2D eigenvalue weighted by Gasteiger charge is 2.21. The lowest BCUT2D eigenvalue weighted by Crippen LogP contribution is -2.18. The number of amides is 1. The average molecular weight is 671 g/mol. The number of nitrogens with zero attached hydrogens (tertiary/aromatic N) is 3. The van der Waals surface area contributed by atoms with Crippen molar-refractivity contribution in [2.24, 2.45) is 0 Å². The van der Waals surface area contributed by atoms with Gasteiger partial charge in [-0.05, 0) is 55.8 Å². The van der Waals surface area contributed by atoms with Gasteiger partial charge in [-0.1, -0.05) is 36.6 Å². The van der Waals surface area contributed by atoms with E-state index in [0.29, 0.717) is 69.8 Å². The van der Waals surface area contributed by atoms with Gasteiger partial charge < -0.3 is 35.3 Å². The molecule has 5 rings (SSSR count). The number of rotatable bonds is 17. The van der Waals surface area contributed by atoms with Crippen LogP contribution in [0.15, 0.2) is 73.1 Å². The van der Waals surface area contributed by atoms with Gasteiger partial charge in [0, 0.05) is 55.2 Å². The Morgan fingerprint density at radius 1 is 1.12 bits per heavy atom.